The zero-order valence-electron chi connectivity index (χ0n) is 36.5. The number of nitrogens with zero attached hydrogens (tertiary/aromatic N) is 2. The molecule has 14 nitrogen and oxygen atoms in total. The minimum Gasteiger partial charge on any atom is -0.497 e. The Balaban J connectivity index is 1.24. The molecule has 3 amide bonds. The van der Waals surface area contributed by atoms with Gasteiger partial charge >= 0.3 is 5.97 Å². The molecule has 7 rings (SSSR count). The van der Waals surface area contributed by atoms with Crippen LogP contribution in [0.4, 0.5) is 8.78 Å². The van der Waals surface area contributed by atoms with Gasteiger partial charge in [-0.2, -0.15) is 0 Å². The van der Waals surface area contributed by atoms with Crippen LogP contribution in [0.1, 0.15) is 122 Å². The van der Waals surface area contributed by atoms with Gasteiger partial charge in [0.05, 0.1) is 38.3 Å². The Labute approximate surface area is 362 Å². The van der Waals surface area contributed by atoms with Gasteiger partial charge in [0, 0.05) is 36.3 Å². The Kier molecular flexibility index (Phi) is 12.7. The first-order valence-corrected chi connectivity index (χ1v) is 23.3. The number of fused-ring (bicyclic) bond motifs is 5. The van der Waals surface area contributed by atoms with Gasteiger partial charge in [-0.25, -0.2) is 22.2 Å². The third kappa shape index (κ3) is 9.29. The van der Waals surface area contributed by atoms with E-state index in [4.69, 9.17) is 18.9 Å². The fourth-order valence-electron chi connectivity index (χ4n) is 9.75. The number of rotatable bonds is 11. The molecule has 0 bridgehead atoms. The van der Waals surface area contributed by atoms with Crippen LogP contribution in [0.2, 0.25) is 0 Å². The van der Waals surface area contributed by atoms with Crippen molar-refractivity contribution in [2.45, 2.75) is 146 Å². The number of pyridine rings is 1. The lowest BCUT2D eigenvalue weighted by Crippen LogP contribution is -2.58. The minimum atomic E-state index is -4.20. The average Bonchev–Trinajstić information content (AvgIpc) is 4.10. The Morgan fingerprint density at radius 1 is 1.10 bits per heavy atom. The molecule has 0 radical (unpaired) electrons. The Morgan fingerprint density at radius 3 is 2.53 bits per heavy atom. The highest BCUT2D eigenvalue weighted by Crippen LogP contribution is 2.50. The number of aryl methyl sites for hydroxylation is 1. The molecular weight excluding hydrogens is 827 g/mol. The molecule has 1 spiro atoms. The number of carbonyl (C=O) groups is 4. The van der Waals surface area contributed by atoms with E-state index in [0.717, 1.165) is 12.8 Å². The summed E-state index contributed by atoms with van der Waals surface area (Å²) in [4.78, 5) is 63.1. The first kappa shape index (κ1) is 45.6. The van der Waals surface area contributed by atoms with Crippen LogP contribution in [0.15, 0.2) is 30.4 Å². The van der Waals surface area contributed by atoms with Crippen LogP contribution in [0.25, 0.3) is 10.9 Å². The maximum absolute atomic E-state index is 15.0. The number of esters is 1. The lowest BCUT2D eigenvalue weighted by atomic mass is 9.87. The highest BCUT2D eigenvalue weighted by atomic mass is 32.2. The molecule has 17 heteroatoms. The van der Waals surface area contributed by atoms with Gasteiger partial charge in [0.25, 0.3) is 12.3 Å². The Bertz CT molecular complexity index is 2230. The molecular formula is C45H60F2N4O10S. The number of aromatic nitrogens is 1. The van der Waals surface area contributed by atoms with Crippen molar-refractivity contribution in [1.82, 2.24) is 19.9 Å². The van der Waals surface area contributed by atoms with E-state index in [1.165, 1.54) is 19.1 Å². The van der Waals surface area contributed by atoms with Crippen molar-refractivity contribution < 1.29 is 55.3 Å². The number of halogens is 2. The molecule has 5 aliphatic rings. The van der Waals surface area contributed by atoms with Gasteiger partial charge in [0.15, 0.2) is 5.75 Å². The van der Waals surface area contributed by atoms with E-state index >= 15 is 0 Å². The summed E-state index contributed by atoms with van der Waals surface area (Å²) >= 11 is 0. The average molecular weight is 887 g/mol. The lowest BCUT2D eigenvalue weighted by Gasteiger charge is -2.37. The summed E-state index contributed by atoms with van der Waals surface area (Å²) in [5, 5.41) is 3.46. The molecule has 2 aliphatic carbocycles. The number of methoxy groups -OCH3 is 2. The monoisotopic (exact) mass is 886 g/mol. The van der Waals surface area contributed by atoms with Crippen molar-refractivity contribution in [2.24, 2.45) is 17.3 Å². The van der Waals surface area contributed by atoms with E-state index in [-0.39, 0.29) is 56.4 Å². The SMILES string of the molecule is COCC1(S(=O)(=O)NC(=O)[C@@]23C[C@H]2/C=C\CCCCC[C@H](CC(=O)OC(C)CC(C)(C)C)C(=O)N2C[C@@]4(CCc5c(c(C(F)F)nc6ccc(OC)cc56)O4)C[C@H]2C(=O)N3)CC1. The van der Waals surface area contributed by atoms with Crippen molar-refractivity contribution in [2.75, 3.05) is 27.4 Å². The molecule has 6 atom stereocenters. The number of hydrogen-bond donors (Lipinski definition) is 2. The van der Waals surface area contributed by atoms with Crippen LogP contribution in [-0.2, 0) is 45.1 Å². The number of sulfonamides is 1. The van der Waals surface area contributed by atoms with E-state index in [0.29, 0.717) is 60.7 Å². The van der Waals surface area contributed by atoms with Gasteiger partial charge in [-0.1, -0.05) is 45.8 Å². The summed E-state index contributed by atoms with van der Waals surface area (Å²) in [5.41, 5.74) is -2.81. The van der Waals surface area contributed by atoms with Crippen LogP contribution in [0.5, 0.6) is 11.5 Å². The normalized spacial score (nSPS) is 28.3. The highest BCUT2D eigenvalue weighted by molar-refractivity contribution is 7.91. The predicted octanol–water partition coefficient (Wildman–Crippen LogP) is 6.24. The zero-order valence-corrected chi connectivity index (χ0v) is 37.3. The van der Waals surface area contributed by atoms with Gasteiger partial charge in [0.2, 0.25) is 21.8 Å². The van der Waals surface area contributed by atoms with Gasteiger partial charge in [-0.05, 0) is 88.3 Å². The zero-order chi connectivity index (χ0) is 44.8. The van der Waals surface area contributed by atoms with Crippen LogP contribution in [-0.4, -0.2) is 97.4 Å². The number of alkyl halides is 2. The first-order chi connectivity index (χ1) is 29.2. The Morgan fingerprint density at radius 2 is 1.85 bits per heavy atom. The summed E-state index contributed by atoms with van der Waals surface area (Å²) in [5.74, 6) is -3.69. The van der Waals surface area contributed by atoms with Crippen molar-refractivity contribution in [3.8, 4) is 11.5 Å². The minimum absolute atomic E-state index is 0.0982. The van der Waals surface area contributed by atoms with E-state index < -0.39 is 85.7 Å². The number of nitrogens with one attached hydrogen (secondary N) is 2. The fraction of sp³-hybridized carbons (Fsp3) is 0.667. The van der Waals surface area contributed by atoms with Crippen molar-refractivity contribution in [3.63, 3.8) is 0 Å². The molecule has 2 N–H and O–H groups in total. The molecule has 3 aliphatic heterocycles. The summed E-state index contributed by atoms with van der Waals surface area (Å²) in [6.45, 7) is 7.65. The van der Waals surface area contributed by atoms with Crippen LogP contribution in [0, 0.1) is 17.3 Å². The highest BCUT2D eigenvalue weighted by Gasteiger charge is 2.64. The summed E-state index contributed by atoms with van der Waals surface area (Å²) in [6, 6.07) is 3.68. The second-order valence-electron chi connectivity index (χ2n) is 19.3. The van der Waals surface area contributed by atoms with E-state index in [1.54, 1.807) is 18.2 Å². The number of ether oxygens (including phenoxy) is 4. The van der Waals surface area contributed by atoms with Crippen molar-refractivity contribution in [1.29, 1.82) is 0 Å². The summed E-state index contributed by atoms with van der Waals surface area (Å²) in [6.07, 6.45) is 4.84. The van der Waals surface area contributed by atoms with Gasteiger partial charge in [-0.3, -0.25) is 23.9 Å². The molecule has 2 saturated carbocycles. The fourth-order valence-corrected chi connectivity index (χ4v) is 11.3. The van der Waals surface area contributed by atoms with E-state index in [1.807, 2.05) is 39.8 Å². The number of benzene rings is 1. The predicted molar refractivity (Wildman–Crippen MR) is 225 cm³/mol. The number of amides is 3. The maximum Gasteiger partial charge on any atom is 0.306 e. The Hall–Kier alpha value is -4.38. The van der Waals surface area contributed by atoms with Crippen molar-refractivity contribution in [3.05, 3.63) is 41.6 Å². The molecule has 1 aromatic carbocycles. The number of carbonyl (C=O) groups excluding carboxylic acids is 4. The standard InChI is InChI=1S/C45H60F2N4O10S/c1-27(22-42(2,3)4)60-35(52)20-28-12-10-8-7-9-11-13-29-23-45(29,41(55)50-62(56,57)44(18-19-44)26-58-5)49-39(53)34-24-43(25-51(34)40(28)54)17-16-31-32-21-30(59-6)14-15-33(32)48-36(38(46)47)37(31)61-43/h11,13-15,21,27-29,34,38H,7-10,12,16-20,22-26H2,1-6H3,(H,49,53)(H,50,55)/b13-11-/t27?,28-,29-,34+,43-,45-/m1/s1. The van der Waals surface area contributed by atoms with Crippen LogP contribution < -0.4 is 19.5 Å². The molecule has 4 heterocycles. The maximum atomic E-state index is 15.0. The molecule has 1 saturated heterocycles. The second kappa shape index (κ2) is 17.3. The molecule has 1 unspecified atom stereocenters. The number of hydrogen-bond acceptors (Lipinski definition) is 11. The summed E-state index contributed by atoms with van der Waals surface area (Å²) in [7, 11) is -1.32. The third-order valence-corrected chi connectivity index (χ3v) is 15.3. The molecule has 340 valence electrons. The van der Waals surface area contributed by atoms with Crippen LogP contribution in [0.3, 0.4) is 0 Å². The van der Waals surface area contributed by atoms with Crippen LogP contribution >= 0.6 is 0 Å². The molecule has 3 fully saturated rings. The molecule has 62 heavy (non-hydrogen) atoms. The third-order valence-electron chi connectivity index (χ3n) is 13.2. The summed E-state index contributed by atoms with van der Waals surface area (Å²) < 4.78 is 80.8. The topological polar surface area (TPSA) is 180 Å². The first-order valence-electron chi connectivity index (χ1n) is 21.8. The lowest BCUT2D eigenvalue weighted by molar-refractivity contribution is -0.154. The molecule has 1 aromatic heterocycles. The quantitative estimate of drug-likeness (QED) is 0.193. The smallest absolute Gasteiger partial charge is 0.306 e. The van der Waals surface area contributed by atoms with Gasteiger partial charge in [-0.15, -0.1) is 0 Å². The number of allylic oxidation sites excluding steroid dienone is 1. The van der Waals surface area contributed by atoms with Gasteiger partial charge in [0.1, 0.15) is 33.4 Å². The van der Waals surface area contributed by atoms with E-state index in [9.17, 15) is 36.4 Å². The largest absolute Gasteiger partial charge is 0.497 e. The van der Waals surface area contributed by atoms with E-state index in [2.05, 4.69) is 15.0 Å². The second-order valence-corrected chi connectivity index (χ2v) is 21.4. The molecule has 2 aromatic rings. The van der Waals surface area contributed by atoms with Crippen molar-refractivity contribution >= 4 is 44.6 Å². The van der Waals surface area contributed by atoms with Gasteiger partial charge < -0.3 is 29.2 Å².